The number of aliphatic hydroxyl groups is 1. The maximum Gasteiger partial charge on any atom is 1.00 e. The van der Waals surface area contributed by atoms with Crippen LogP contribution in [0.1, 0.15) is 0 Å². The second-order valence-electron chi connectivity index (χ2n) is 1.05. The maximum absolute atomic E-state index is 7.75. The van der Waals surface area contributed by atoms with Gasteiger partial charge in [-0.25, -0.2) is 0 Å². The van der Waals surface area contributed by atoms with Crippen molar-refractivity contribution in [1.82, 2.24) is 5.32 Å². The molecule has 10 heavy (non-hydrogen) atoms. The summed E-state index contributed by atoms with van der Waals surface area (Å²) >= 11 is 8.80. The molecule has 0 aromatic rings. The molecule has 4 N–H and O–H groups in total. The van der Waals surface area contributed by atoms with Gasteiger partial charge in [0.15, 0.2) is 0 Å². The molecule has 56 valence electrons. The summed E-state index contributed by atoms with van der Waals surface area (Å²) in [5, 5.41) is 10.3. The summed E-state index contributed by atoms with van der Waals surface area (Å²) in [5.74, 6) is 0. The third kappa shape index (κ3) is 35.9. The number of thiocarbonyl (C=S) groups is 1. The summed E-state index contributed by atoms with van der Waals surface area (Å²) in [7, 11) is 1.70. The van der Waals surface area contributed by atoms with E-state index in [0.29, 0.717) is 10.9 Å². The molecule has 0 aliphatic rings. The van der Waals surface area contributed by atoms with E-state index in [1.54, 1.807) is 7.05 Å². The van der Waals surface area contributed by atoms with E-state index in [0.717, 1.165) is 0 Å². The Labute approximate surface area is 94.5 Å². The quantitative estimate of drug-likeness (QED) is 0.223. The predicted molar refractivity (Wildman–Crippen MR) is 45.2 cm³/mol. The normalized spacial score (nSPS) is 6.30. The predicted octanol–water partition coefficient (Wildman–Crippen LogP) is -4.02. The van der Waals surface area contributed by atoms with Crippen LogP contribution in [0.25, 0.3) is 0 Å². The third-order valence-corrected chi connectivity index (χ3v) is 0.741. The Bertz CT molecular complexity index is 72.3. The Morgan fingerprint density at radius 3 is 2.00 bits per heavy atom. The second kappa shape index (κ2) is 16.5. The second-order valence-corrected chi connectivity index (χ2v) is 2.12. The van der Waals surface area contributed by atoms with E-state index >= 15 is 0 Å². The first-order chi connectivity index (χ1) is 4.18. The largest absolute Gasteiger partial charge is 1.00 e. The first kappa shape index (κ1) is 17.2. The Hall–Kier alpha value is 1.03. The van der Waals surface area contributed by atoms with Crippen LogP contribution in [0.3, 0.4) is 0 Å². The van der Waals surface area contributed by atoms with Gasteiger partial charge in [-0.1, -0.05) is 4.32 Å². The van der Waals surface area contributed by atoms with Gasteiger partial charge in [-0.15, -0.1) is 0 Å². The van der Waals surface area contributed by atoms with Gasteiger partial charge in [-0.05, 0) is 0 Å². The van der Waals surface area contributed by atoms with Crippen LogP contribution in [0.5, 0.6) is 0 Å². The number of hydrogen-bond donors (Lipinski definition) is 3. The Morgan fingerprint density at radius 1 is 1.80 bits per heavy atom. The minimum atomic E-state index is 0. The van der Waals surface area contributed by atoms with Crippen molar-refractivity contribution in [3.63, 3.8) is 0 Å². The van der Waals surface area contributed by atoms with Gasteiger partial charge in [0.05, 0.1) is 6.61 Å². The van der Waals surface area contributed by atoms with Gasteiger partial charge < -0.3 is 41.0 Å². The fourth-order valence-corrected chi connectivity index (χ4v) is 0. The van der Waals surface area contributed by atoms with Gasteiger partial charge in [0, 0.05) is 13.6 Å². The molecule has 0 unspecified atom stereocenters. The zero-order valence-corrected chi connectivity index (χ0v) is 9.89. The summed E-state index contributed by atoms with van der Waals surface area (Å²) in [6, 6.07) is 0. The average molecular weight is 190 g/mol. The van der Waals surface area contributed by atoms with Crippen LogP contribution in [-0.2, 0) is 12.6 Å². The van der Waals surface area contributed by atoms with E-state index in [9.17, 15) is 0 Å². The number of aliphatic hydroxyl groups excluding tert-OH is 1. The minimum absolute atomic E-state index is 0. The topological polar surface area (TPSA) is 58.3 Å². The fourth-order valence-electron chi connectivity index (χ4n) is 0. The van der Waals surface area contributed by atoms with Crippen LogP contribution in [0.2, 0.25) is 0 Å². The van der Waals surface area contributed by atoms with Crippen LogP contribution in [0, 0.1) is 0 Å². The molecule has 0 saturated heterocycles. The molecule has 0 aromatic carbocycles. The number of nitrogens with one attached hydrogen (secondary N) is 1. The SMILES string of the molecule is CNC(=S)[S-].NCCO.[Na+]. The van der Waals surface area contributed by atoms with Crippen LogP contribution in [0.4, 0.5) is 0 Å². The van der Waals surface area contributed by atoms with Crippen molar-refractivity contribution in [1.29, 1.82) is 0 Å². The molecule has 0 spiro atoms. The maximum atomic E-state index is 7.75. The van der Waals surface area contributed by atoms with Crippen molar-refractivity contribution in [2.75, 3.05) is 20.2 Å². The summed E-state index contributed by atoms with van der Waals surface area (Å²) < 4.78 is 0.421. The van der Waals surface area contributed by atoms with Gasteiger partial charge in [0.25, 0.3) is 0 Å². The number of nitrogens with two attached hydrogens (primary N) is 1. The molecule has 0 atom stereocenters. The molecule has 0 aliphatic heterocycles. The molecule has 6 heteroatoms. The van der Waals surface area contributed by atoms with Crippen molar-refractivity contribution < 1.29 is 34.7 Å². The molecule has 0 radical (unpaired) electrons. The number of hydrogen-bond acceptors (Lipinski definition) is 4. The van der Waals surface area contributed by atoms with Crippen molar-refractivity contribution in [3.8, 4) is 0 Å². The minimum Gasteiger partial charge on any atom is -0.412 e. The fraction of sp³-hybridized carbons (Fsp3) is 0.750. The molecule has 0 saturated carbocycles. The van der Waals surface area contributed by atoms with Crippen LogP contribution in [0.15, 0.2) is 0 Å². The van der Waals surface area contributed by atoms with E-state index in [-0.39, 0.29) is 36.2 Å². The zero-order valence-electron chi connectivity index (χ0n) is 6.26. The van der Waals surface area contributed by atoms with Crippen molar-refractivity contribution >= 4 is 29.2 Å². The summed E-state index contributed by atoms with van der Waals surface area (Å²) in [6.45, 7) is 0.472. The molecule has 0 aliphatic carbocycles. The molecular weight excluding hydrogens is 179 g/mol. The van der Waals surface area contributed by atoms with Crippen molar-refractivity contribution in [3.05, 3.63) is 0 Å². The molecule has 0 amide bonds. The molecular formula is C4H11N2NaOS2. The van der Waals surface area contributed by atoms with E-state index in [1.165, 1.54) is 0 Å². The molecule has 0 heterocycles. The van der Waals surface area contributed by atoms with E-state index < -0.39 is 0 Å². The summed E-state index contributed by atoms with van der Waals surface area (Å²) in [4.78, 5) is 0. The average Bonchev–Trinajstić information content (AvgIpc) is 1.89. The van der Waals surface area contributed by atoms with Gasteiger partial charge in [0.1, 0.15) is 0 Å². The van der Waals surface area contributed by atoms with Gasteiger partial charge >= 0.3 is 29.6 Å². The van der Waals surface area contributed by atoms with E-state index in [4.69, 9.17) is 10.8 Å². The third-order valence-electron chi connectivity index (χ3n) is 0.333. The molecule has 0 fully saturated rings. The Balaban J connectivity index is -0.0000000910. The molecule has 0 bridgehead atoms. The van der Waals surface area contributed by atoms with Gasteiger partial charge in [0.2, 0.25) is 0 Å². The smallest absolute Gasteiger partial charge is 0.412 e. The monoisotopic (exact) mass is 190 g/mol. The van der Waals surface area contributed by atoms with Crippen molar-refractivity contribution in [2.24, 2.45) is 5.73 Å². The molecule has 3 nitrogen and oxygen atoms in total. The number of rotatable bonds is 1. The zero-order chi connectivity index (χ0) is 7.70. The Morgan fingerprint density at radius 2 is 2.00 bits per heavy atom. The van der Waals surface area contributed by atoms with Crippen LogP contribution < -0.4 is 40.6 Å². The Kier molecular flexibility index (Phi) is 28.5. The summed E-state index contributed by atoms with van der Waals surface area (Å²) in [6.07, 6.45) is 0. The van der Waals surface area contributed by atoms with Gasteiger partial charge in [-0.3, -0.25) is 0 Å². The van der Waals surface area contributed by atoms with Gasteiger partial charge in [-0.2, -0.15) is 0 Å². The van der Waals surface area contributed by atoms with E-state index in [1.807, 2.05) is 0 Å². The molecule has 0 aromatic heterocycles. The van der Waals surface area contributed by atoms with Crippen LogP contribution >= 0.6 is 12.2 Å². The summed E-state index contributed by atoms with van der Waals surface area (Å²) in [5.41, 5.74) is 4.78. The van der Waals surface area contributed by atoms with E-state index in [2.05, 4.69) is 30.2 Å². The standard InChI is InChI=1S/C2H7NO.C2H5NS2.Na/c3-1-2-4;1-3-2(4)5;/h4H,1-3H2;1H3,(H2,3,4,5);/q;;+1/p-1. The first-order valence-corrected chi connectivity index (χ1v) is 3.20. The van der Waals surface area contributed by atoms with Crippen LogP contribution in [-0.4, -0.2) is 29.6 Å². The van der Waals surface area contributed by atoms with Crippen molar-refractivity contribution in [2.45, 2.75) is 0 Å². The molecule has 0 rings (SSSR count). The first-order valence-electron chi connectivity index (χ1n) is 2.38.